The molecule has 3 aliphatic rings. The second-order valence-electron chi connectivity index (χ2n) is 17.6. The molecule has 0 saturated carbocycles. The van der Waals surface area contributed by atoms with Crippen molar-refractivity contribution in [3.05, 3.63) is 228 Å². The summed E-state index contributed by atoms with van der Waals surface area (Å²) >= 11 is 0. The molecule has 0 fully saturated rings. The highest BCUT2D eigenvalue weighted by Crippen LogP contribution is 2.58. The van der Waals surface area contributed by atoms with Crippen molar-refractivity contribution in [2.24, 2.45) is 0 Å². The van der Waals surface area contributed by atoms with Crippen LogP contribution in [-0.2, 0) is 23.7 Å². The van der Waals surface area contributed by atoms with Gasteiger partial charge in [0, 0.05) is 33.6 Å². The van der Waals surface area contributed by atoms with Crippen LogP contribution in [0.15, 0.2) is 194 Å². The summed E-state index contributed by atoms with van der Waals surface area (Å²) in [6, 6.07) is 72.6. The Labute approximate surface area is 355 Å². The quantitative estimate of drug-likeness (QED) is 0.159. The standard InChI is InChI=1S/C58H50N2/c1-57(2)51-32-13-12-31-49(51)50-36-35-48(40-52(50)57)60(47-30-14-23-44(39-47)41-19-6-3-7-20-41)54-34-16-22-43-25-18-38-58(56(43)54)37-17-24-42-21-15-33-53(55(42)58)59(45-26-8-4-9-27-45)46-28-10-5-11-29-46/h3-16,19-23,26-36,39-40H,17-18,24-25,37-38H2,1-2H3/t58-/m1/s1. The highest BCUT2D eigenvalue weighted by Gasteiger charge is 2.46. The molecule has 0 unspecified atom stereocenters. The maximum absolute atomic E-state index is 2.61. The van der Waals surface area contributed by atoms with Crippen molar-refractivity contribution < 1.29 is 0 Å². The molecule has 3 aliphatic carbocycles. The zero-order chi connectivity index (χ0) is 40.3. The maximum Gasteiger partial charge on any atom is 0.0505 e. The fourth-order valence-corrected chi connectivity index (χ4v) is 11.3. The Bertz CT molecular complexity index is 2810. The molecular weight excluding hydrogens is 725 g/mol. The lowest BCUT2D eigenvalue weighted by Gasteiger charge is -2.48. The number of nitrogens with zero attached hydrogens (tertiary/aromatic N) is 2. The number of anilines is 6. The van der Waals surface area contributed by atoms with Gasteiger partial charge in [0.25, 0.3) is 0 Å². The minimum absolute atomic E-state index is 0.119. The molecule has 292 valence electrons. The van der Waals surface area contributed by atoms with Crippen molar-refractivity contribution in [3.8, 4) is 22.3 Å². The van der Waals surface area contributed by atoms with Gasteiger partial charge in [0.15, 0.2) is 0 Å². The van der Waals surface area contributed by atoms with Gasteiger partial charge in [-0.1, -0.05) is 147 Å². The fraction of sp³-hybridized carbons (Fsp3) is 0.172. The van der Waals surface area contributed by atoms with E-state index in [-0.39, 0.29) is 10.8 Å². The molecule has 8 aromatic rings. The molecule has 0 aromatic heterocycles. The Morgan fingerprint density at radius 1 is 0.383 bits per heavy atom. The Balaban J connectivity index is 1.17. The van der Waals surface area contributed by atoms with E-state index < -0.39 is 0 Å². The number of aryl methyl sites for hydroxylation is 2. The predicted octanol–water partition coefficient (Wildman–Crippen LogP) is 15.6. The van der Waals surface area contributed by atoms with Gasteiger partial charge in [-0.25, -0.2) is 0 Å². The first-order chi connectivity index (χ1) is 29.5. The van der Waals surface area contributed by atoms with E-state index in [0.717, 1.165) is 38.5 Å². The molecule has 0 amide bonds. The van der Waals surface area contributed by atoms with Crippen LogP contribution in [0.4, 0.5) is 34.1 Å². The Hall–Kier alpha value is -6.64. The number of para-hydroxylation sites is 2. The second kappa shape index (κ2) is 14.6. The van der Waals surface area contributed by atoms with E-state index in [2.05, 4.69) is 218 Å². The van der Waals surface area contributed by atoms with Crippen LogP contribution in [0.25, 0.3) is 22.3 Å². The average Bonchev–Trinajstić information content (AvgIpc) is 3.53. The first-order valence-electron chi connectivity index (χ1n) is 21.9. The third-order valence-corrected chi connectivity index (χ3v) is 13.9. The van der Waals surface area contributed by atoms with Gasteiger partial charge in [0.1, 0.15) is 0 Å². The molecule has 11 rings (SSSR count). The third-order valence-electron chi connectivity index (χ3n) is 13.9. The molecule has 1 atom stereocenters. The molecule has 0 heterocycles. The van der Waals surface area contributed by atoms with E-state index in [0.29, 0.717) is 0 Å². The van der Waals surface area contributed by atoms with Gasteiger partial charge in [-0.2, -0.15) is 0 Å². The van der Waals surface area contributed by atoms with Crippen LogP contribution in [-0.4, -0.2) is 0 Å². The van der Waals surface area contributed by atoms with Gasteiger partial charge in [-0.15, -0.1) is 0 Å². The van der Waals surface area contributed by atoms with Crippen LogP contribution in [0.5, 0.6) is 0 Å². The molecule has 60 heavy (non-hydrogen) atoms. The van der Waals surface area contributed by atoms with Gasteiger partial charge in [0.2, 0.25) is 0 Å². The molecule has 8 aromatic carbocycles. The van der Waals surface area contributed by atoms with E-state index >= 15 is 0 Å². The molecule has 0 radical (unpaired) electrons. The Morgan fingerprint density at radius 3 is 1.50 bits per heavy atom. The fourth-order valence-electron chi connectivity index (χ4n) is 11.3. The second-order valence-corrected chi connectivity index (χ2v) is 17.6. The number of hydrogen-bond donors (Lipinski definition) is 0. The summed E-state index contributed by atoms with van der Waals surface area (Å²) in [5.74, 6) is 0. The van der Waals surface area contributed by atoms with Crippen molar-refractivity contribution in [2.75, 3.05) is 9.80 Å². The summed E-state index contributed by atoms with van der Waals surface area (Å²) in [5.41, 5.74) is 20.9. The summed E-state index contributed by atoms with van der Waals surface area (Å²) in [4.78, 5) is 5.13. The lowest BCUT2D eigenvalue weighted by atomic mass is 9.59. The third kappa shape index (κ3) is 5.84. The van der Waals surface area contributed by atoms with Crippen molar-refractivity contribution in [3.63, 3.8) is 0 Å². The molecule has 0 aliphatic heterocycles. The zero-order valence-corrected chi connectivity index (χ0v) is 34.6. The zero-order valence-electron chi connectivity index (χ0n) is 34.6. The van der Waals surface area contributed by atoms with Crippen LogP contribution >= 0.6 is 0 Å². The van der Waals surface area contributed by atoms with E-state index in [1.54, 1.807) is 0 Å². The highest BCUT2D eigenvalue weighted by molar-refractivity contribution is 5.89. The van der Waals surface area contributed by atoms with Crippen molar-refractivity contribution in [2.45, 2.75) is 63.2 Å². The molecule has 1 spiro atoms. The normalized spacial score (nSPS) is 17.0. The minimum Gasteiger partial charge on any atom is -0.310 e. The average molecular weight is 775 g/mol. The van der Waals surface area contributed by atoms with E-state index in [1.165, 1.54) is 89.8 Å². The molecule has 2 nitrogen and oxygen atoms in total. The van der Waals surface area contributed by atoms with Gasteiger partial charge in [0.05, 0.1) is 11.4 Å². The molecule has 2 heteroatoms. The maximum atomic E-state index is 2.61. The van der Waals surface area contributed by atoms with Crippen molar-refractivity contribution in [1.82, 2.24) is 0 Å². The Morgan fingerprint density at radius 2 is 0.867 bits per heavy atom. The topological polar surface area (TPSA) is 6.48 Å². The van der Waals surface area contributed by atoms with Crippen LogP contribution in [0.2, 0.25) is 0 Å². The lowest BCUT2D eigenvalue weighted by Crippen LogP contribution is -2.38. The van der Waals surface area contributed by atoms with Gasteiger partial charge in [-0.05, 0) is 155 Å². The van der Waals surface area contributed by atoms with E-state index in [1.807, 2.05) is 0 Å². The lowest BCUT2D eigenvalue weighted by molar-refractivity contribution is 0.369. The largest absolute Gasteiger partial charge is 0.310 e. The minimum atomic E-state index is -0.183. The van der Waals surface area contributed by atoms with Crippen LogP contribution < -0.4 is 9.80 Å². The number of fused-ring (bicyclic) bond motifs is 7. The Kier molecular flexibility index (Phi) is 8.85. The van der Waals surface area contributed by atoms with Crippen molar-refractivity contribution in [1.29, 1.82) is 0 Å². The van der Waals surface area contributed by atoms with E-state index in [4.69, 9.17) is 0 Å². The van der Waals surface area contributed by atoms with Crippen LogP contribution in [0.1, 0.15) is 72.9 Å². The summed E-state index contributed by atoms with van der Waals surface area (Å²) in [7, 11) is 0. The summed E-state index contributed by atoms with van der Waals surface area (Å²) in [6.07, 6.45) is 6.72. The number of benzene rings is 8. The first-order valence-corrected chi connectivity index (χ1v) is 21.9. The van der Waals surface area contributed by atoms with Gasteiger partial charge in [-0.3, -0.25) is 0 Å². The summed E-state index contributed by atoms with van der Waals surface area (Å²) < 4.78 is 0. The molecule has 0 bridgehead atoms. The summed E-state index contributed by atoms with van der Waals surface area (Å²) in [6.45, 7) is 4.79. The molecule has 0 saturated heterocycles. The summed E-state index contributed by atoms with van der Waals surface area (Å²) in [5, 5.41) is 0. The monoisotopic (exact) mass is 774 g/mol. The highest BCUT2D eigenvalue weighted by atomic mass is 15.2. The smallest absolute Gasteiger partial charge is 0.0505 e. The molecular formula is C58H50N2. The predicted molar refractivity (Wildman–Crippen MR) is 252 cm³/mol. The first kappa shape index (κ1) is 36.4. The van der Waals surface area contributed by atoms with Crippen LogP contribution in [0, 0.1) is 0 Å². The molecule has 0 N–H and O–H groups in total. The van der Waals surface area contributed by atoms with E-state index in [9.17, 15) is 0 Å². The van der Waals surface area contributed by atoms with Gasteiger partial charge >= 0.3 is 0 Å². The SMILES string of the molecule is CC1(C)c2ccccc2-c2ccc(N(c3cccc(-c4ccccc4)c3)c3cccc4c3[C@]3(CCCc5cccc(N(c6ccccc6)c6ccccc6)c53)CCC4)cc21. The number of hydrogen-bond acceptors (Lipinski definition) is 2. The van der Waals surface area contributed by atoms with Crippen LogP contribution in [0.3, 0.4) is 0 Å². The number of rotatable bonds is 7. The van der Waals surface area contributed by atoms with Crippen molar-refractivity contribution >= 4 is 34.1 Å². The van der Waals surface area contributed by atoms with Gasteiger partial charge < -0.3 is 9.80 Å².